The number of aromatic nitrogens is 4. The third-order valence-electron chi connectivity index (χ3n) is 5.06. The smallest absolute Gasteiger partial charge is 0.358 e. The highest BCUT2D eigenvalue weighted by Crippen LogP contribution is 2.28. The van der Waals surface area contributed by atoms with Crippen LogP contribution in [0.15, 0.2) is 60.8 Å². The second-order valence-electron chi connectivity index (χ2n) is 7.34. The van der Waals surface area contributed by atoms with Crippen molar-refractivity contribution in [2.24, 2.45) is 7.05 Å². The lowest BCUT2D eigenvalue weighted by Gasteiger charge is -2.11. The molecule has 0 radical (unpaired) electrons. The number of hydrogen-bond acceptors (Lipinski definition) is 5. The molecule has 2 aromatic heterocycles. The third kappa shape index (κ3) is 4.51. The fourth-order valence-corrected chi connectivity index (χ4v) is 3.58. The summed E-state index contributed by atoms with van der Waals surface area (Å²) in [5, 5.41) is 11.6. The van der Waals surface area contributed by atoms with Crippen molar-refractivity contribution in [2.45, 2.75) is 13.8 Å². The van der Waals surface area contributed by atoms with Gasteiger partial charge in [0.25, 0.3) is 5.91 Å². The van der Waals surface area contributed by atoms with Gasteiger partial charge in [-0.15, -0.1) is 0 Å². The van der Waals surface area contributed by atoms with Crippen LogP contribution < -0.4 is 5.32 Å². The number of nitrogens with zero attached hydrogens (tertiary/aromatic N) is 4. The second-order valence-corrected chi connectivity index (χ2v) is 7.70. The molecule has 0 atom stereocenters. The molecule has 4 rings (SSSR count). The van der Waals surface area contributed by atoms with E-state index >= 15 is 0 Å². The average molecular weight is 464 g/mol. The molecule has 168 valence electrons. The molecule has 9 heteroatoms. The van der Waals surface area contributed by atoms with Crippen LogP contribution in [0.4, 0.5) is 5.69 Å². The van der Waals surface area contributed by atoms with Crippen LogP contribution in [0.5, 0.6) is 0 Å². The predicted octanol–water partition coefficient (Wildman–Crippen LogP) is 4.66. The molecule has 0 saturated heterocycles. The van der Waals surface area contributed by atoms with E-state index in [-0.39, 0.29) is 28.9 Å². The Kier molecular flexibility index (Phi) is 6.28. The molecule has 0 bridgehead atoms. The second kappa shape index (κ2) is 9.30. The first-order chi connectivity index (χ1) is 15.9. The maximum absolute atomic E-state index is 12.7. The van der Waals surface area contributed by atoms with E-state index in [2.05, 4.69) is 15.5 Å². The molecular weight excluding hydrogens is 442 g/mol. The molecule has 0 unspecified atom stereocenters. The van der Waals surface area contributed by atoms with Gasteiger partial charge in [-0.1, -0.05) is 41.9 Å². The quantitative estimate of drug-likeness (QED) is 0.420. The van der Waals surface area contributed by atoms with Gasteiger partial charge in [0.05, 0.1) is 29.7 Å². The van der Waals surface area contributed by atoms with Crippen LogP contribution in [0.2, 0.25) is 5.15 Å². The number of hydrogen-bond donors (Lipinski definition) is 1. The van der Waals surface area contributed by atoms with Crippen molar-refractivity contribution in [2.75, 3.05) is 11.9 Å². The average Bonchev–Trinajstić information content (AvgIpc) is 3.39. The number of nitrogens with one attached hydrogen (secondary N) is 1. The highest BCUT2D eigenvalue weighted by molar-refractivity contribution is 6.33. The molecule has 33 heavy (non-hydrogen) atoms. The van der Waals surface area contributed by atoms with Crippen LogP contribution in [-0.2, 0) is 11.8 Å². The van der Waals surface area contributed by atoms with Gasteiger partial charge in [-0.05, 0) is 43.7 Å². The number of aryl methyl sites for hydroxylation is 2. The minimum atomic E-state index is -0.498. The van der Waals surface area contributed by atoms with E-state index in [1.165, 1.54) is 10.9 Å². The number of halogens is 1. The largest absolute Gasteiger partial charge is 0.461 e. The maximum Gasteiger partial charge on any atom is 0.358 e. The number of amides is 1. The van der Waals surface area contributed by atoms with E-state index in [1.807, 2.05) is 49.4 Å². The normalized spacial score (nSPS) is 10.8. The van der Waals surface area contributed by atoms with E-state index in [0.29, 0.717) is 11.4 Å². The number of carbonyl (C=O) groups is 2. The number of carbonyl (C=O) groups excluding carboxylic acids is 2. The summed E-state index contributed by atoms with van der Waals surface area (Å²) in [6.45, 7) is 3.97. The molecule has 0 spiro atoms. The Morgan fingerprint density at radius 3 is 2.61 bits per heavy atom. The SMILES string of the molecule is CCOC(=O)c1cc(-c2cccc(NC(=O)c3cnn(C)c3Cl)c2)n(-c2ccccc2C)n1. The first-order valence-electron chi connectivity index (χ1n) is 10.3. The topological polar surface area (TPSA) is 91.0 Å². The third-order valence-corrected chi connectivity index (χ3v) is 5.51. The van der Waals surface area contributed by atoms with Crippen LogP contribution in [0.25, 0.3) is 16.9 Å². The van der Waals surface area contributed by atoms with E-state index < -0.39 is 5.97 Å². The molecule has 1 amide bonds. The predicted molar refractivity (Wildman–Crippen MR) is 126 cm³/mol. The van der Waals surface area contributed by atoms with Crippen molar-refractivity contribution in [3.05, 3.63) is 82.8 Å². The van der Waals surface area contributed by atoms with Gasteiger partial charge in [-0.2, -0.15) is 10.2 Å². The van der Waals surface area contributed by atoms with E-state index in [9.17, 15) is 9.59 Å². The van der Waals surface area contributed by atoms with Crippen LogP contribution in [0, 0.1) is 6.92 Å². The first kappa shape index (κ1) is 22.3. The van der Waals surface area contributed by atoms with Crippen LogP contribution in [0.1, 0.15) is 33.3 Å². The lowest BCUT2D eigenvalue weighted by atomic mass is 10.1. The lowest BCUT2D eigenvalue weighted by molar-refractivity contribution is 0.0519. The van der Waals surface area contributed by atoms with Gasteiger partial charge in [-0.25, -0.2) is 9.48 Å². The summed E-state index contributed by atoms with van der Waals surface area (Å²) in [5.41, 5.74) is 4.31. The summed E-state index contributed by atoms with van der Waals surface area (Å²) in [6.07, 6.45) is 1.42. The molecule has 2 heterocycles. The van der Waals surface area contributed by atoms with Crippen molar-refractivity contribution in [3.63, 3.8) is 0 Å². The van der Waals surface area contributed by atoms with Crippen LogP contribution in [-0.4, -0.2) is 38.0 Å². The lowest BCUT2D eigenvalue weighted by Crippen LogP contribution is -2.12. The monoisotopic (exact) mass is 463 g/mol. The Morgan fingerprint density at radius 1 is 1.12 bits per heavy atom. The molecule has 8 nitrogen and oxygen atoms in total. The zero-order chi connectivity index (χ0) is 23.5. The van der Waals surface area contributed by atoms with Gasteiger partial charge in [-0.3, -0.25) is 9.48 Å². The summed E-state index contributed by atoms with van der Waals surface area (Å²) in [5.74, 6) is -0.869. The van der Waals surface area contributed by atoms with Gasteiger partial charge < -0.3 is 10.1 Å². The fraction of sp³-hybridized carbons (Fsp3) is 0.167. The Morgan fingerprint density at radius 2 is 1.91 bits per heavy atom. The molecule has 1 N–H and O–H groups in total. The molecule has 0 aliphatic carbocycles. The van der Waals surface area contributed by atoms with Crippen LogP contribution in [0.3, 0.4) is 0 Å². The zero-order valence-corrected chi connectivity index (χ0v) is 19.1. The highest BCUT2D eigenvalue weighted by Gasteiger charge is 2.19. The van der Waals surface area contributed by atoms with Crippen molar-refractivity contribution >= 4 is 29.2 Å². The molecule has 0 aliphatic heterocycles. The summed E-state index contributed by atoms with van der Waals surface area (Å²) in [6, 6.07) is 16.7. The Bertz CT molecular complexity index is 1340. The summed E-state index contributed by atoms with van der Waals surface area (Å²) in [4.78, 5) is 25.1. The summed E-state index contributed by atoms with van der Waals surface area (Å²) < 4.78 is 8.27. The zero-order valence-electron chi connectivity index (χ0n) is 18.4. The maximum atomic E-state index is 12.7. The summed E-state index contributed by atoms with van der Waals surface area (Å²) in [7, 11) is 1.66. The van der Waals surface area contributed by atoms with E-state index in [4.69, 9.17) is 16.3 Å². The van der Waals surface area contributed by atoms with Gasteiger partial charge >= 0.3 is 5.97 Å². The highest BCUT2D eigenvalue weighted by atomic mass is 35.5. The van der Waals surface area contributed by atoms with Gasteiger partial charge in [0.2, 0.25) is 0 Å². The van der Waals surface area contributed by atoms with Gasteiger partial charge in [0.1, 0.15) is 5.15 Å². The van der Waals surface area contributed by atoms with E-state index in [0.717, 1.165) is 16.8 Å². The Labute approximate surface area is 195 Å². The van der Waals surface area contributed by atoms with Gasteiger partial charge in [0.15, 0.2) is 5.69 Å². The van der Waals surface area contributed by atoms with Crippen LogP contribution >= 0.6 is 11.6 Å². The first-order valence-corrected chi connectivity index (χ1v) is 10.7. The van der Waals surface area contributed by atoms with Gasteiger partial charge in [0, 0.05) is 18.3 Å². The van der Waals surface area contributed by atoms with Crippen molar-refractivity contribution in [3.8, 4) is 16.9 Å². The molecule has 0 aliphatic rings. The molecule has 0 fully saturated rings. The standard InChI is InChI=1S/C24H22ClN5O3/c1-4-33-24(32)19-13-21(30(28-19)20-11-6-5-8-15(20)2)16-9-7-10-17(12-16)27-23(31)18-14-26-29(3)22(18)25/h5-14H,4H2,1-3H3,(H,27,31). The molecule has 4 aromatic rings. The fourth-order valence-electron chi connectivity index (χ4n) is 3.41. The number of rotatable bonds is 6. The number of esters is 1. The number of ether oxygens (including phenoxy) is 1. The number of benzene rings is 2. The minimum absolute atomic E-state index is 0.201. The summed E-state index contributed by atoms with van der Waals surface area (Å²) >= 11 is 6.14. The Hall–Kier alpha value is -3.91. The van der Waals surface area contributed by atoms with Crippen molar-refractivity contribution in [1.82, 2.24) is 19.6 Å². The molecular formula is C24H22ClN5O3. The van der Waals surface area contributed by atoms with E-state index in [1.54, 1.807) is 30.8 Å². The van der Waals surface area contributed by atoms with Crippen molar-refractivity contribution < 1.29 is 14.3 Å². The molecule has 2 aromatic carbocycles. The van der Waals surface area contributed by atoms with Crippen molar-refractivity contribution in [1.29, 1.82) is 0 Å². The number of para-hydroxylation sites is 1. The Balaban J connectivity index is 1.74. The number of anilines is 1. The minimum Gasteiger partial charge on any atom is -0.461 e. The molecule has 0 saturated carbocycles.